The van der Waals surface area contributed by atoms with E-state index >= 15 is 0 Å². The maximum Gasteiger partial charge on any atom is 0.265 e. The van der Waals surface area contributed by atoms with E-state index in [1.807, 2.05) is 20.8 Å². The predicted octanol–water partition coefficient (Wildman–Crippen LogP) is 2.46. The van der Waals surface area contributed by atoms with Crippen LogP contribution < -0.4 is 0 Å². The van der Waals surface area contributed by atoms with Gasteiger partial charge >= 0.3 is 0 Å². The second kappa shape index (κ2) is 4.94. The van der Waals surface area contributed by atoms with Crippen LogP contribution in [0.4, 0.5) is 0 Å². The second-order valence-electron chi connectivity index (χ2n) is 3.57. The average Bonchev–Trinajstić information content (AvgIpc) is 2.54. The molecular formula is C10H15ClN2OS. The summed E-state index contributed by atoms with van der Waals surface area (Å²) in [6, 6.07) is 0.0426. The van der Waals surface area contributed by atoms with Crippen LogP contribution in [0.3, 0.4) is 0 Å². The number of carbonyl (C=O) groups is 1. The van der Waals surface area contributed by atoms with Gasteiger partial charge < -0.3 is 4.90 Å². The summed E-state index contributed by atoms with van der Waals surface area (Å²) in [4.78, 5) is 18.6. The van der Waals surface area contributed by atoms with Crippen molar-refractivity contribution in [1.82, 2.24) is 9.88 Å². The average molecular weight is 247 g/mol. The normalized spacial score (nSPS) is 12.6. The molecule has 0 aromatic carbocycles. The molecule has 0 saturated carbocycles. The number of alkyl halides is 1. The Morgan fingerprint density at radius 3 is 2.60 bits per heavy atom. The first kappa shape index (κ1) is 12.5. The van der Waals surface area contributed by atoms with Gasteiger partial charge in [-0.15, -0.1) is 22.9 Å². The highest BCUT2D eigenvalue weighted by atomic mass is 35.5. The number of halogens is 1. The van der Waals surface area contributed by atoms with Gasteiger partial charge in [0.25, 0.3) is 5.91 Å². The molecule has 15 heavy (non-hydrogen) atoms. The van der Waals surface area contributed by atoms with E-state index in [-0.39, 0.29) is 11.9 Å². The minimum absolute atomic E-state index is 0.00579. The molecule has 1 amide bonds. The van der Waals surface area contributed by atoms with Crippen LogP contribution in [0, 0.1) is 13.8 Å². The number of hydrogen-bond donors (Lipinski definition) is 0. The van der Waals surface area contributed by atoms with Gasteiger partial charge in [-0.3, -0.25) is 4.79 Å². The molecule has 0 N–H and O–H groups in total. The van der Waals surface area contributed by atoms with Crippen molar-refractivity contribution >= 4 is 28.8 Å². The first-order valence-electron chi connectivity index (χ1n) is 4.74. The topological polar surface area (TPSA) is 33.2 Å². The van der Waals surface area contributed by atoms with E-state index in [1.165, 1.54) is 11.3 Å². The molecule has 0 radical (unpaired) electrons. The molecule has 1 atom stereocenters. The number of rotatable bonds is 3. The third kappa shape index (κ3) is 2.69. The Labute approximate surface area is 99.1 Å². The van der Waals surface area contributed by atoms with Gasteiger partial charge in [-0.2, -0.15) is 0 Å². The Balaban J connectivity index is 2.89. The molecule has 1 unspecified atom stereocenters. The summed E-state index contributed by atoms with van der Waals surface area (Å²) in [5.74, 6) is 0.449. The highest BCUT2D eigenvalue weighted by Crippen LogP contribution is 2.19. The van der Waals surface area contributed by atoms with Gasteiger partial charge in [0.1, 0.15) is 4.88 Å². The maximum atomic E-state index is 12.0. The standard InChI is InChI=1S/C10H15ClN2OS/c1-6(5-11)13(4)10(14)9-7(2)12-8(3)15-9/h6H,5H2,1-4H3. The van der Waals surface area contributed by atoms with Crippen molar-refractivity contribution < 1.29 is 4.79 Å². The molecule has 3 nitrogen and oxygen atoms in total. The van der Waals surface area contributed by atoms with Gasteiger partial charge in [0, 0.05) is 19.0 Å². The molecule has 1 heterocycles. The van der Waals surface area contributed by atoms with Crippen LogP contribution in [-0.2, 0) is 0 Å². The molecule has 1 rings (SSSR count). The summed E-state index contributed by atoms with van der Waals surface area (Å²) in [7, 11) is 1.77. The zero-order chi connectivity index (χ0) is 11.6. The van der Waals surface area contributed by atoms with Crippen molar-refractivity contribution in [1.29, 1.82) is 0 Å². The highest BCUT2D eigenvalue weighted by Gasteiger charge is 2.20. The van der Waals surface area contributed by atoms with Crippen LogP contribution in [0.5, 0.6) is 0 Å². The Bertz CT molecular complexity index is 364. The Morgan fingerprint density at radius 1 is 1.60 bits per heavy atom. The van der Waals surface area contributed by atoms with Crippen molar-refractivity contribution in [2.24, 2.45) is 0 Å². The van der Waals surface area contributed by atoms with Crippen LogP contribution in [0.15, 0.2) is 0 Å². The number of hydrogen-bond acceptors (Lipinski definition) is 3. The summed E-state index contributed by atoms with van der Waals surface area (Å²) >= 11 is 7.15. The lowest BCUT2D eigenvalue weighted by molar-refractivity contribution is 0.0760. The zero-order valence-corrected chi connectivity index (χ0v) is 10.9. The molecule has 0 aliphatic carbocycles. The first-order chi connectivity index (χ1) is 6.97. The Kier molecular flexibility index (Phi) is 4.11. The van der Waals surface area contributed by atoms with Crippen LogP contribution in [0.25, 0.3) is 0 Å². The van der Waals surface area contributed by atoms with E-state index < -0.39 is 0 Å². The Hall–Kier alpha value is -0.610. The highest BCUT2D eigenvalue weighted by molar-refractivity contribution is 7.13. The minimum Gasteiger partial charge on any atom is -0.337 e. The fraction of sp³-hybridized carbons (Fsp3) is 0.600. The van der Waals surface area contributed by atoms with Crippen molar-refractivity contribution in [3.8, 4) is 0 Å². The largest absolute Gasteiger partial charge is 0.337 e. The SMILES string of the molecule is Cc1nc(C)c(C(=O)N(C)C(C)CCl)s1. The molecular weight excluding hydrogens is 232 g/mol. The van der Waals surface area contributed by atoms with Gasteiger partial charge in [0.15, 0.2) is 0 Å². The van der Waals surface area contributed by atoms with E-state index in [0.717, 1.165) is 10.7 Å². The van der Waals surface area contributed by atoms with E-state index in [0.29, 0.717) is 10.8 Å². The van der Waals surface area contributed by atoms with E-state index in [1.54, 1.807) is 11.9 Å². The number of thiazole rings is 1. The molecule has 5 heteroatoms. The van der Waals surface area contributed by atoms with Crippen molar-refractivity contribution in [2.45, 2.75) is 26.8 Å². The van der Waals surface area contributed by atoms with Crippen LogP contribution >= 0.6 is 22.9 Å². The lowest BCUT2D eigenvalue weighted by Gasteiger charge is -2.22. The molecule has 84 valence electrons. The molecule has 0 spiro atoms. The fourth-order valence-corrected chi connectivity index (χ4v) is 2.30. The summed E-state index contributed by atoms with van der Waals surface area (Å²) < 4.78 is 0. The van der Waals surface area contributed by atoms with Crippen LogP contribution in [-0.4, -0.2) is 34.8 Å². The third-order valence-electron chi connectivity index (χ3n) is 2.30. The molecule has 1 aromatic rings. The van der Waals surface area contributed by atoms with Crippen molar-refractivity contribution in [3.63, 3.8) is 0 Å². The lowest BCUT2D eigenvalue weighted by atomic mass is 10.3. The van der Waals surface area contributed by atoms with Gasteiger partial charge in [0.2, 0.25) is 0 Å². The molecule has 0 saturated heterocycles. The number of carbonyl (C=O) groups excluding carboxylic acids is 1. The van der Waals surface area contributed by atoms with E-state index in [4.69, 9.17) is 11.6 Å². The number of aryl methyl sites for hydroxylation is 2. The molecule has 0 aliphatic rings. The second-order valence-corrected chi connectivity index (χ2v) is 5.08. The van der Waals surface area contributed by atoms with Crippen molar-refractivity contribution in [2.75, 3.05) is 12.9 Å². The van der Waals surface area contributed by atoms with Gasteiger partial charge in [0.05, 0.1) is 10.7 Å². The number of nitrogens with zero attached hydrogens (tertiary/aromatic N) is 2. The number of aromatic nitrogens is 1. The van der Waals surface area contributed by atoms with E-state index in [2.05, 4.69) is 4.98 Å². The summed E-state index contributed by atoms with van der Waals surface area (Å²) in [5.41, 5.74) is 0.802. The first-order valence-corrected chi connectivity index (χ1v) is 6.09. The minimum atomic E-state index is 0.00579. The van der Waals surface area contributed by atoms with Gasteiger partial charge in [-0.1, -0.05) is 0 Å². The molecule has 1 aromatic heterocycles. The fourth-order valence-electron chi connectivity index (χ4n) is 1.19. The van der Waals surface area contributed by atoms with Crippen LogP contribution in [0.1, 0.15) is 27.3 Å². The number of amides is 1. The van der Waals surface area contributed by atoms with Gasteiger partial charge in [-0.25, -0.2) is 4.98 Å². The third-order valence-corrected chi connectivity index (χ3v) is 3.81. The summed E-state index contributed by atoms with van der Waals surface area (Å²) in [6.45, 7) is 5.68. The smallest absolute Gasteiger partial charge is 0.265 e. The molecule has 0 aliphatic heterocycles. The van der Waals surface area contributed by atoms with Gasteiger partial charge in [-0.05, 0) is 20.8 Å². The van der Waals surface area contributed by atoms with Crippen LogP contribution in [0.2, 0.25) is 0 Å². The molecule has 0 fully saturated rings. The Morgan fingerprint density at radius 2 is 2.20 bits per heavy atom. The van der Waals surface area contributed by atoms with Crippen molar-refractivity contribution in [3.05, 3.63) is 15.6 Å². The predicted molar refractivity (Wildman–Crippen MR) is 63.9 cm³/mol. The quantitative estimate of drug-likeness (QED) is 0.768. The summed E-state index contributed by atoms with van der Waals surface area (Å²) in [6.07, 6.45) is 0. The zero-order valence-electron chi connectivity index (χ0n) is 9.37. The summed E-state index contributed by atoms with van der Waals surface area (Å²) in [5, 5.41) is 0.919. The monoisotopic (exact) mass is 246 g/mol. The molecule has 0 bridgehead atoms. The maximum absolute atomic E-state index is 12.0. The van der Waals surface area contributed by atoms with E-state index in [9.17, 15) is 4.79 Å². The lowest BCUT2D eigenvalue weighted by Crippen LogP contribution is -2.36.